The van der Waals surface area contributed by atoms with Crippen molar-refractivity contribution in [3.63, 3.8) is 0 Å². The number of nitrogens with one attached hydrogen (secondary N) is 1. The Morgan fingerprint density at radius 1 is 1.32 bits per heavy atom. The fraction of sp³-hybridized carbons (Fsp3) is 0.154. The highest BCUT2D eigenvalue weighted by atomic mass is 79.9. The molecule has 0 fully saturated rings. The normalized spacial score (nSPS) is 12.9. The standard InChI is InChI=1S/C13H12BrN3S2/c14-9-1-3-18-12(9)6-11(17-15)8-5-13-10(16-7-8)2-4-19-13/h1-5,7,11,17H,6,15H2. The summed E-state index contributed by atoms with van der Waals surface area (Å²) in [5, 5.41) is 4.13. The summed E-state index contributed by atoms with van der Waals surface area (Å²) in [5.74, 6) is 5.71. The van der Waals surface area contributed by atoms with E-state index in [4.69, 9.17) is 5.84 Å². The van der Waals surface area contributed by atoms with Crippen molar-refractivity contribution in [3.8, 4) is 0 Å². The molecule has 0 saturated carbocycles. The van der Waals surface area contributed by atoms with E-state index >= 15 is 0 Å². The molecule has 0 bridgehead atoms. The van der Waals surface area contributed by atoms with Crippen molar-refractivity contribution >= 4 is 48.8 Å². The molecular formula is C13H12BrN3S2. The first kappa shape index (κ1) is 13.2. The lowest BCUT2D eigenvalue weighted by Crippen LogP contribution is -2.29. The van der Waals surface area contributed by atoms with Gasteiger partial charge < -0.3 is 0 Å². The first-order valence-electron chi connectivity index (χ1n) is 5.79. The minimum atomic E-state index is 0.0777. The van der Waals surface area contributed by atoms with Crippen LogP contribution in [0.4, 0.5) is 0 Å². The maximum absolute atomic E-state index is 5.71. The maximum Gasteiger partial charge on any atom is 0.0809 e. The van der Waals surface area contributed by atoms with Gasteiger partial charge in [-0.05, 0) is 50.5 Å². The second-order valence-electron chi connectivity index (χ2n) is 4.19. The van der Waals surface area contributed by atoms with E-state index in [1.807, 2.05) is 12.3 Å². The van der Waals surface area contributed by atoms with Crippen LogP contribution < -0.4 is 11.3 Å². The van der Waals surface area contributed by atoms with E-state index in [-0.39, 0.29) is 6.04 Å². The monoisotopic (exact) mass is 353 g/mol. The Labute approximate surface area is 127 Å². The van der Waals surface area contributed by atoms with Gasteiger partial charge in [-0.15, -0.1) is 22.7 Å². The quantitative estimate of drug-likeness (QED) is 0.552. The molecule has 3 heterocycles. The lowest BCUT2D eigenvalue weighted by Gasteiger charge is -2.15. The average molecular weight is 354 g/mol. The molecule has 0 aliphatic rings. The fourth-order valence-electron chi connectivity index (χ4n) is 1.98. The Hall–Kier alpha value is -0.790. The number of rotatable bonds is 4. The van der Waals surface area contributed by atoms with Gasteiger partial charge in [-0.3, -0.25) is 16.3 Å². The number of hydrogen-bond acceptors (Lipinski definition) is 5. The van der Waals surface area contributed by atoms with E-state index in [0.717, 1.165) is 22.0 Å². The van der Waals surface area contributed by atoms with Crippen LogP contribution in [-0.4, -0.2) is 4.98 Å². The summed E-state index contributed by atoms with van der Waals surface area (Å²) in [4.78, 5) is 5.75. The molecule has 3 aromatic rings. The summed E-state index contributed by atoms with van der Waals surface area (Å²) >= 11 is 6.99. The summed E-state index contributed by atoms with van der Waals surface area (Å²) in [6.07, 6.45) is 2.76. The SMILES string of the molecule is NNC(Cc1sccc1Br)c1cnc2ccsc2c1. The number of thiophene rings is 2. The number of nitrogens with zero attached hydrogens (tertiary/aromatic N) is 1. The number of halogens is 1. The van der Waals surface area contributed by atoms with Gasteiger partial charge in [0, 0.05) is 22.0 Å². The van der Waals surface area contributed by atoms with Crippen LogP contribution in [0.2, 0.25) is 0 Å². The average Bonchev–Trinajstić information content (AvgIpc) is 3.04. The van der Waals surface area contributed by atoms with Gasteiger partial charge in [0.1, 0.15) is 0 Å². The largest absolute Gasteiger partial charge is 0.271 e. The van der Waals surface area contributed by atoms with Crippen LogP contribution in [0, 0.1) is 0 Å². The summed E-state index contributed by atoms with van der Waals surface area (Å²) in [5.41, 5.74) is 5.06. The first-order chi connectivity index (χ1) is 9.28. The third kappa shape index (κ3) is 2.73. The second-order valence-corrected chi connectivity index (χ2v) is 6.99. The van der Waals surface area contributed by atoms with Crippen LogP contribution in [0.25, 0.3) is 10.2 Å². The third-order valence-electron chi connectivity index (χ3n) is 3.01. The molecule has 3 rings (SSSR count). The lowest BCUT2D eigenvalue weighted by atomic mass is 10.1. The van der Waals surface area contributed by atoms with E-state index in [1.165, 1.54) is 9.58 Å². The van der Waals surface area contributed by atoms with Gasteiger partial charge in [0.25, 0.3) is 0 Å². The first-order valence-corrected chi connectivity index (χ1v) is 8.34. The Morgan fingerprint density at radius 2 is 2.16 bits per heavy atom. The molecule has 0 amide bonds. The third-order valence-corrected chi connectivity index (χ3v) is 5.81. The number of aromatic nitrogens is 1. The van der Waals surface area contributed by atoms with Crippen molar-refractivity contribution < 1.29 is 0 Å². The number of fused-ring (bicyclic) bond motifs is 1. The Kier molecular flexibility index (Phi) is 3.95. The summed E-state index contributed by atoms with van der Waals surface area (Å²) in [7, 11) is 0. The molecule has 19 heavy (non-hydrogen) atoms. The van der Waals surface area contributed by atoms with E-state index < -0.39 is 0 Å². The zero-order chi connectivity index (χ0) is 13.2. The van der Waals surface area contributed by atoms with Crippen molar-refractivity contribution in [2.75, 3.05) is 0 Å². The molecule has 0 aliphatic heterocycles. The predicted molar refractivity (Wildman–Crippen MR) is 85.4 cm³/mol. The number of hydrogen-bond donors (Lipinski definition) is 2. The fourth-order valence-corrected chi connectivity index (χ4v) is 4.33. The van der Waals surface area contributed by atoms with E-state index in [0.29, 0.717) is 0 Å². The van der Waals surface area contributed by atoms with Crippen molar-refractivity contribution in [2.45, 2.75) is 12.5 Å². The molecule has 3 N–H and O–H groups in total. The van der Waals surface area contributed by atoms with Crippen molar-refractivity contribution in [2.24, 2.45) is 5.84 Å². The van der Waals surface area contributed by atoms with Gasteiger partial charge in [-0.2, -0.15) is 0 Å². The van der Waals surface area contributed by atoms with Crippen LogP contribution in [0.15, 0.2) is 39.6 Å². The zero-order valence-electron chi connectivity index (χ0n) is 9.97. The van der Waals surface area contributed by atoms with Crippen LogP contribution in [0.1, 0.15) is 16.5 Å². The highest BCUT2D eigenvalue weighted by Crippen LogP contribution is 2.29. The van der Waals surface area contributed by atoms with Crippen LogP contribution in [0.3, 0.4) is 0 Å². The summed E-state index contributed by atoms with van der Waals surface area (Å²) in [6, 6.07) is 6.34. The summed E-state index contributed by atoms with van der Waals surface area (Å²) in [6.45, 7) is 0. The second kappa shape index (κ2) is 5.68. The molecule has 0 aliphatic carbocycles. The van der Waals surface area contributed by atoms with Crippen molar-refractivity contribution in [1.82, 2.24) is 10.4 Å². The molecule has 1 unspecified atom stereocenters. The van der Waals surface area contributed by atoms with Gasteiger partial charge in [0.05, 0.1) is 16.3 Å². The maximum atomic E-state index is 5.71. The van der Waals surface area contributed by atoms with Crippen molar-refractivity contribution in [1.29, 1.82) is 0 Å². The van der Waals surface area contributed by atoms with Crippen molar-refractivity contribution in [3.05, 3.63) is 50.1 Å². The highest BCUT2D eigenvalue weighted by Gasteiger charge is 2.14. The lowest BCUT2D eigenvalue weighted by molar-refractivity contribution is 0.554. The van der Waals surface area contributed by atoms with Gasteiger partial charge in [0.15, 0.2) is 0 Å². The molecule has 0 spiro atoms. The van der Waals surface area contributed by atoms with Gasteiger partial charge in [0.2, 0.25) is 0 Å². The molecule has 0 aromatic carbocycles. The highest BCUT2D eigenvalue weighted by molar-refractivity contribution is 9.10. The zero-order valence-corrected chi connectivity index (χ0v) is 13.2. The Bertz CT molecular complexity index is 692. The number of pyridine rings is 1. The predicted octanol–water partition coefficient (Wildman–Crippen LogP) is 3.87. The topological polar surface area (TPSA) is 50.9 Å². The molecule has 6 heteroatoms. The van der Waals surface area contributed by atoms with Gasteiger partial charge in [-0.25, -0.2) is 0 Å². The number of hydrazine groups is 1. The van der Waals surface area contributed by atoms with E-state index in [9.17, 15) is 0 Å². The van der Waals surface area contributed by atoms with Crippen LogP contribution in [-0.2, 0) is 6.42 Å². The van der Waals surface area contributed by atoms with E-state index in [2.05, 4.69) is 49.2 Å². The molecule has 1 atom stereocenters. The minimum Gasteiger partial charge on any atom is -0.271 e. The van der Waals surface area contributed by atoms with Gasteiger partial charge in [-0.1, -0.05) is 0 Å². The van der Waals surface area contributed by atoms with Crippen LogP contribution in [0.5, 0.6) is 0 Å². The van der Waals surface area contributed by atoms with Crippen LogP contribution >= 0.6 is 38.6 Å². The molecule has 98 valence electrons. The van der Waals surface area contributed by atoms with Gasteiger partial charge >= 0.3 is 0 Å². The molecule has 3 nitrogen and oxygen atoms in total. The summed E-state index contributed by atoms with van der Waals surface area (Å²) < 4.78 is 2.34. The van der Waals surface area contributed by atoms with E-state index in [1.54, 1.807) is 22.7 Å². The molecule has 0 radical (unpaired) electrons. The smallest absolute Gasteiger partial charge is 0.0809 e. The molecular weight excluding hydrogens is 342 g/mol. The minimum absolute atomic E-state index is 0.0777. The Balaban J connectivity index is 1.90. The molecule has 3 aromatic heterocycles. The molecule has 0 saturated heterocycles. The number of nitrogens with two attached hydrogens (primary N) is 1. The Morgan fingerprint density at radius 3 is 2.89 bits per heavy atom.